The van der Waals surface area contributed by atoms with Crippen LogP contribution in [0.3, 0.4) is 0 Å². The molecule has 1 saturated carbocycles. The Morgan fingerprint density at radius 3 is 2.68 bits per heavy atom. The van der Waals surface area contributed by atoms with Crippen molar-refractivity contribution >= 4 is 6.09 Å². The van der Waals surface area contributed by atoms with Crippen LogP contribution in [0.5, 0.6) is 0 Å². The average Bonchev–Trinajstić information content (AvgIpc) is 3.07. The summed E-state index contributed by atoms with van der Waals surface area (Å²) in [7, 11) is 1.85. The molecule has 3 atom stereocenters. The first kappa shape index (κ1) is 12.3. The van der Waals surface area contributed by atoms with Gasteiger partial charge in [-0.15, -0.1) is 0 Å². The van der Waals surface area contributed by atoms with E-state index in [4.69, 9.17) is 4.74 Å². The molecule has 19 heavy (non-hydrogen) atoms. The van der Waals surface area contributed by atoms with Crippen molar-refractivity contribution in [2.24, 2.45) is 11.8 Å². The van der Waals surface area contributed by atoms with Crippen LogP contribution in [-0.2, 0) is 11.3 Å². The summed E-state index contributed by atoms with van der Waals surface area (Å²) < 4.78 is 5.37. The Labute approximate surface area is 113 Å². The molecule has 0 heterocycles. The van der Waals surface area contributed by atoms with Gasteiger partial charge >= 0.3 is 6.09 Å². The number of carbonyl (C=O) groups is 1. The van der Waals surface area contributed by atoms with Gasteiger partial charge in [0.05, 0.1) is 0 Å². The van der Waals surface area contributed by atoms with Crippen molar-refractivity contribution in [2.45, 2.75) is 25.5 Å². The number of nitrogens with zero attached hydrogens (tertiary/aromatic N) is 1. The van der Waals surface area contributed by atoms with E-state index in [0.717, 1.165) is 12.0 Å². The Bertz CT molecular complexity index is 483. The lowest BCUT2D eigenvalue weighted by Gasteiger charge is -2.28. The molecule has 2 aliphatic rings. The number of ether oxygens (including phenoxy) is 1. The molecule has 1 fully saturated rings. The zero-order valence-corrected chi connectivity index (χ0v) is 11.2. The maximum absolute atomic E-state index is 12.1. The van der Waals surface area contributed by atoms with Gasteiger partial charge in [-0.05, 0) is 30.2 Å². The van der Waals surface area contributed by atoms with Crippen LogP contribution in [0.15, 0.2) is 42.5 Å². The van der Waals surface area contributed by atoms with E-state index in [1.54, 1.807) is 4.90 Å². The number of allylic oxidation sites excluding steroid dienone is 1. The summed E-state index contributed by atoms with van der Waals surface area (Å²) in [5.74, 6) is 1.19. The second kappa shape index (κ2) is 5.08. The predicted molar refractivity (Wildman–Crippen MR) is 73.5 cm³/mol. The van der Waals surface area contributed by atoms with Crippen LogP contribution in [0.2, 0.25) is 0 Å². The van der Waals surface area contributed by atoms with Gasteiger partial charge in [0, 0.05) is 13.1 Å². The third-order valence-electron chi connectivity index (χ3n) is 4.23. The quantitative estimate of drug-likeness (QED) is 0.778. The third-order valence-corrected chi connectivity index (χ3v) is 4.23. The standard InChI is InChI=1S/C16H19NO2/c1-17(15-10-13-7-8-14(15)9-13)16(18)19-11-12-5-3-2-4-6-12/h2-8,13-15H,9-11H2,1H3/t13-,14+,15+/m0/s1. The minimum Gasteiger partial charge on any atom is -0.445 e. The molecule has 1 aromatic rings. The molecule has 0 aromatic heterocycles. The smallest absolute Gasteiger partial charge is 0.410 e. The zero-order chi connectivity index (χ0) is 13.2. The van der Waals surface area contributed by atoms with Gasteiger partial charge in [0.25, 0.3) is 0 Å². The van der Waals surface area contributed by atoms with Crippen LogP contribution in [-0.4, -0.2) is 24.1 Å². The molecular weight excluding hydrogens is 238 g/mol. The first-order chi connectivity index (χ1) is 9.24. The van der Waals surface area contributed by atoms with Crippen molar-refractivity contribution in [3.8, 4) is 0 Å². The zero-order valence-electron chi connectivity index (χ0n) is 11.2. The molecule has 0 saturated heterocycles. The molecule has 2 bridgehead atoms. The fourth-order valence-corrected chi connectivity index (χ4v) is 3.15. The minimum absolute atomic E-state index is 0.213. The number of rotatable bonds is 3. The van der Waals surface area contributed by atoms with Crippen LogP contribution in [0, 0.1) is 11.8 Å². The summed E-state index contributed by atoms with van der Waals surface area (Å²) in [5, 5.41) is 0. The molecule has 100 valence electrons. The molecule has 0 N–H and O–H groups in total. The number of hydrogen-bond donors (Lipinski definition) is 0. The maximum Gasteiger partial charge on any atom is 0.410 e. The van der Waals surface area contributed by atoms with E-state index < -0.39 is 0 Å². The van der Waals surface area contributed by atoms with Gasteiger partial charge in [0.15, 0.2) is 0 Å². The fourth-order valence-electron chi connectivity index (χ4n) is 3.15. The lowest BCUT2D eigenvalue weighted by molar-refractivity contribution is 0.0864. The molecule has 1 aromatic carbocycles. The van der Waals surface area contributed by atoms with Crippen molar-refractivity contribution in [3.05, 3.63) is 48.0 Å². The van der Waals surface area contributed by atoms with E-state index >= 15 is 0 Å². The molecule has 2 aliphatic carbocycles. The van der Waals surface area contributed by atoms with Crippen molar-refractivity contribution in [1.29, 1.82) is 0 Å². The lowest BCUT2D eigenvalue weighted by Crippen LogP contribution is -2.39. The fraction of sp³-hybridized carbons (Fsp3) is 0.438. The highest BCUT2D eigenvalue weighted by molar-refractivity contribution is 5.68. The SMILES string of the molecule is CN(C(=O)OCc1ccccc1)[C@@H]1C[C@H]2C=C[C@@H]1C2. The Balaban J connectivity index is 1.54. The molecule has 1 amide bonds. The summed E-state index contributed by atoms with van der Waals surface area (Å²) in [6, 6.07) is 10.1. The van der Waals surface area contributed by atoms with E-state index in [1.165, 1.54) is 6.42 Å². The Morgan fingerprint density at radius 2 is 2.05 bits per heavy atom. The van der Waals surface area contributed by atoms with Crippen LogP contribution >= 0.6 is 0 Å². The van der Waals surface area contributed by atoms with Crippen LogP contribution in [0.1, 0.15) is 18.4 Å². The maximum atomic E-state index is 12.1. The van der Waals surface area contributed by atoms with Gasteiger partial charge in [-0.25, -0.2) is 4.79 Å². The second-order valence-corrected chi connectivity index (χ2v) is 5.50. The summed E-state index contributed by atoms with van der Waals surface area (Å²) in [5.41, 5.74) is 1.03. The van der Waals surface area contributed by atoms with E-state index in [9.17, 15) is 4.79 Å². The first-order valence-electron chi connectivity index (χ1n) is 6.86. The van der Waals surface area contributed by atoms with E-state index in [2.05, 4.69) is 12.2 Å². The molecule has 3 rings (SSSR count). The largest absolute Gasteiger partial charge is 0.445 e. The minimum atomic E-state index is -0.213. The monoisotopic (exact) mass is 257 g/mol. The Hall–Kier alpha value is -1.77. The van der Waals surface area contributed by atoms with Crippen molar-refractivity contribution in [1.82, 2.24) is 4.90 Å². The highest BCUT2D eigenvalue weighted by Crippen LogP contribution is 2.41. The third kappa shape index (κ3) is 2.50. The summed E-state index contributed by atoms with van der Waals surface area (Å²) in [4.78, 5) is 13.8. The van der Waals surface area contributed by atoms with Gasteiger partial charge in [-0.3, -0.25) is 0 Å². The molecular formula is C16H19NO2. The molecule has 3 heteroatoms. The second-order valence-electron chi connectivity index (χ2n) is 5.50. The predicted octanol–water partition coefficient (Wildman–Crippen LogP) is 3.22. The van der Waals surface area contributed by atoms with Crippen molar-refractivity contribution in [3.63, 3.8) is 0 Å². The Morgan fingerprint density at radius 1 is 1.26 bits per heavy atom. The van der Waals surface area contributed by atoms with Gasteiger partial charge in [0.2, 0.25) is 0 Å². The van der Waals surface area contributed by atoms with Crippen LogP contribution in [0.25, 0.3) is 0 Å². The first-order valence-corrected chi connectivity index (χ1v) is 6.86. The number of fused-ring (bicyclic) bond motifs is 2. The molecule has 0 spiro atoms. The van der Waals surface area contributed by atoms with Gasteiger partial charge in [0.1, 0.15) is 6.61 Å². The van der Waals surface area contributed by atoms with Crippen molar-refractivity contribution < 1.29 is 9.53 Å². The van der Waals surface area contributed by atoms with E-state index in [0.29, 0.717) is 24.5 Å². The Kier molecular flexibility index (Phi) is 3.28. The molecule has 0 unspecified atom stereocenters. The molecule has 3 nitrogen and oxygen atoms in total. The summed E-state index contributed by atoms with van der Waals surface area (Å²) >= 11 is 0. The van der Waals surface area contributed by atoms with Crippen LogP contribution < -0.4 is 0 Å². The number of benzene rings is 1. The number of amides is 1. The number of carbonyl (C=O) groups excluding carboxylic acids is 1. The van der Waals surface area contributed by atoms with E-state index in [1.807, 2.05) is 37.4 Å². The van der Waals surface area contributed by atoms with Gasteiger partial charge < -0.3 is 9.64 Å². The lowest BCUT2D eigenvalue weighted by atomic mass is 10.0. The van der Waals surface area contributed by atoms with Crippen LogP contribution in [0.4, 0.5) is 4.79 Å². The highest BCUT2D eigenvalue weighted by atomic mass is 16.6. The topological polar surface area (TPSA) is 29.5 Å². The summed E-state index contributed by atoms with van der Waals surface area (Å²) in [6.45, 7) is 0.348. The molecule has 0 radical (unpaired) electrons. The molecule has 0 aliphatic heterocycles. The van der Waals surface area contributed by atoms with E-state index in [-0.39, 0.29) is 6.09 Å². The van der Waals surface area contributed by atoms with Crippen molar-refractivity contribution in [2.75, 3.05) is 7.05 Å². The van der Waals surface area contributed by atoms with Gasteiger partial charge in [-0.1, -0.05) is 42.5 Å². The average molecular weight is 257 g/mol. The number of hydrogen-bond acceptors (Lipinski definition) is 2. The summed E-state index contributed by atoms with van der Waals surface area (Å²) in [6.07, 6.45) is 6.60. The highest BCUT2D eigenvalue weighted by Gasteiger charge is 2.39. The van der Waals surface area contributed by atoms with Gasteiger partial charge in [-0.2, -0.15) is 0 Å². The normalized spacial score (nSPS) is 27.5.